The molecule has 3 aromatic rings. The average Bonchev–Trinajstić information content (AvgIpc) is 3.18. The van der Waals surface area contributed by atoms with Crippen LogP contribution in [-0.2, 0) is 6.54 Å². The van der Waals surface area contributed by atoms with E-state index in [-0.39, 0.29) is 0 Å². The first-order valence-corrected chi connectivity index (χ1v) is 8.53. The van der Waals surface area contributed by atoms with Crippen LogP contribution < -0.4 is 5.73 Å². The Morgan fingerprint density at radius 3 is 3.00 bits per heavy atom. The maximum Gasteiger partial charge on any atom is 0.145 e. The van der Waals surface area contributed by atoms with E-state index in [1.165, 1.54) is 18.4 Å². The summed E-state index contributed by atoms with van der Waals surface area (Å²) in [5.74, 6) is 1.39. The summed E-state index contributed by atoms with van der Waals surface area (Å²) >= 11 is 1.76. The number of hydrogen-bond donors (Lipinski definition) is 1. The highest BCUT2D eigenvalue weighted by molar-refractivity contribution is 7.07. The van der Waals surface area contributed by atoms with Gasteiger partial charge in [-0.15, -0.1) is 0 Å². The van der Waals surface area contributed by atoms with Crippen molar-refractivity contribution in [1.82, 2.24) is 14.9 Å². The van der Waals surface area contributed by atoms with Crippen molar-refractivity contribution in [3.63, 3.8) is 0 Å². The van der Waals surface area contributed by atoms with E-state index in [4.69, 9.17) is 5.73 Å². The van der Waals surface area contributed by atoms with Crippen LogP contribution in [0.15, 0.2) is 41.1 Å². The number of nitrogens with two attached hydrogens (primary N) is 1. The van der Waals surface area contributed by atoms with Crippen LogP contribution >= 0.6 is 11.3 Å². The second kappa shape index (κ2) is 5.66. The molecule has 1 fully saturated rings. The summed E-state index contributed by atoms with van der Waals surface area (Å²) in [7, 11) is 0. The molecule has 0 spiro atoms. The lowest BCUT2D eigenvalue weighted by atomic mass is 10.1. The third-order valence-corrected chi connectivity index (χ3v) is 5.02. The Labute approximate surface area is 133 Å². The minimum Gasteiger partial charge on any atom is -0.383 e. The Kier molecular flexibility index (Phi) is 3.52. The molecule has 112 valence electrons. The number of nitrogens with zero attached hydrogens (tertiary/aromatic N) is 3. The number of fused-ring (bicyclic) bond motifs is 1. The first-order valence-electron chi connectivity index (χ1n) is 7.58. The molecule has 2 N–H and O–H groups in total. The van der Waals surface area contributed by atoms with E-state index in [2.05, 4.69) is 31.7 Å². The van der Waals surface area contributed by atoms with Crippen LogP contribution in [-0.4, -0.2) is 21.4 Å². The molecule has 4 nitrogen and oxygen atoms in total. The van der Waals surface area contributed by atoms with Gasteiger partial charge in [0.1, 0.15) is 11.6 Å². The van der Waals surface area contributed by atoms with Crippen molar-refractivity contribution in [3.05, 3.63) is 52.5 Å². The number of anilines is 1. The van der Waals surface area contributed by atoms with Gasteiger partial charge in [-0.3, -0.25) is 4.90 Å². The van der Waals surface area contributed by atoms with Gasteiger partial charge in [0.05, 0.1) is 12.1 Å². The van der Waals surface area contributed by atoms with Crippen molar-refractivity contribution in [1.29, 1.82) is 0 Å². The van der Waals surface area contributed by atoms with Gasteiger partial charge >= 0.3 is 0 Å². The summed E-state index contributed by atoms with van der Waals surface area (Å²) in [5, 5.41) is 5.33. The molecule has 22 heavy (non-hydrogen) atoms. The minimum absolute atomic E-state index is 0.488. The molecule has 5 heteroatoms. The standard InChI is InChI=1S/C17H18N4S/c18-17-13-4-1-2-5-14(13)19-16(20-17)10-21-8-3-6-15(21)12-7-9-22-11-12/h1-2,4-5,7,9,11,15H,3,6,8,10H2,(H2,18,19,20)/t15-/m1/s1. The maximum atomic E-state index is 6.09. The highest BCUT2D eigenvalue weighted by atomic mass is 32.1. The van der Waals surface area contributed by atoms with Crippen LogP contribution in [0.4, 0.5) is 5.82 Å². The predicted molar refractivity (Wildman–Crippen MR) is 90.7 cm³/mol. The Balaban J connectivity index is 1.63. The molecule has 1 aliphatic rings. The van der Waals surface area contributed by atoms with E-state index < -0.39 is 0 Å². The van der Waals surface area contributed by atoms with Crippen molar-refractivity contribution in [2.24, 2.45) is 0 Å². The third-order valence-electron chi connectivity index (χ3n) is 4.32. The van der Waals surface area contributed by atoms with Gasteiger partial charge in [-0.1, -0.05) is 12.1 Å². The fourth-order valence-electron chi connectivity index (χ4n) is 3.26. The molecule has 0 radical (unpaired) electrons. The number of para-hydroxylation sites is 1. The lowest BCUT2D eigenvalue weighted by Gasteiger charge is -2.23. The summed E-state index contributed by atoms with van der Waals surface area (Å²) in [6.07, 6.45) is 2.43. The lowest BCUT2D eigenvalue weighted by molar-refractivity contribution is 0.243. The van der Waals surface area contributed by atoms with Gasteiger partial charge in [0, 0.05) is 11.4 Å². The van der Waals surface area contributed by atoms with Crippen LogP contribution in [0.25, 0.3) is 10.9 Å². The van der Waals surface area contributed by atoms with E-state index in [1.807, 2.05) is 24.3 Å². The molecule has 0 aliphatic carbocycles. The Hall–Kier alpha value is -1.98. The number of aromatic nitrogens is 2. The molecule has 0 amide bonds. The molecular formula is C17H18N4S. The Bertz CT molecular complexity index is 784. The van der Waals surface area contributed by atoms with Crippen molar-refractivity contribution in [3.8, 4) is 0 Å². The zero-order valence-corrected chi connectivity index (χ0v) is 13.1. The van der Waals surface area contributed by atoms with Crippen LogP contribution in [0.3, 0.4) is 0 Å². The van der Waals surface area contributed by atoms with Crippen molar-refractivity contribution < 1.29 is 0 Å². The van der Waals surface area contributed by atoms with Gasteiger partial charge in [0.25, 0.3) is 0 Å². The monoisotopic (exact) mass is 310 g/mol. The number of nitrogen functional groups attached to an aromatic ring is 1. The summed E-state index contributed by atoms with van der Waals surface area (Å²) in [6, 6.07) is 10.6. The normalized spacial score (nSPS) is 19.0. The summed E-state index contributed by atoms with van der Waals surface area (Å²) in [4.78, 5) is 11.7. The topological polar surface area (TPSA) is 55.0 Å². The zero-order chi connectivity index (χ0) is 14.9. The van der Waals surface area contributed by atoms with Crippen LogP contribution in [0.5, 0.6) is 0 Å². The smallest absolute Gasteiger partial charge is 0.145 e. The van der Waals surface area contributed by atoms with Crippen LogP contribution in [0.1, 0.15) is 30.3 Å². The Morgan fingerprint density at radius 2 is 2.14 bits per heavy atom. The molecule has 4 rings (SSSR count). The fourth-order valence-corrected chi connectivity index (χ4v) is 3.97. The second-order valence-electron chi connectivity index (χ2n) is 5.73. The SMILES string of the molecule is Nc1nc(CN2CCC[C@@H]2c2ccsc2)nc2ccccc12. The number of rotatable bonds is 3. The minimum atomic E-state index is 0.488. The van der Waals surface area contributed by atoms with Crippen LogP contribution in [0, 0.1) is 0 Å². The quantitative estimate of drug-likeness (QED) is 0.803. The lowest BCUT2D eigenvalue weighted by Crippen LogP contribution is -2.24. The number of likely N-dealkylation sites (tertiary alicyclic amines) is 1. The molecular weight excluding hydrogens is 292 g/mol. The first-order chi connectivity index (χ1) is 10.8. The van der Waals surface area contributed by atoms with E-state index >= 15 is 0 Å². The van der Waals surface area contributed by atoms with E-state index in [1.54, 1.807) is 11.3 Å². The summed E-state index contributed by atoms with van der Waals surface area (Å²) in [6.45, 7) is 1.85. The van der Waals surface area contributed by atoms with E-state index in [9.17, 15) is 0 Å². The predicted octanol–water partition coefficient (Wildman–Crippen LogP) is 3.61. The highest BCUT2D eigenvalue weighted by Crippen LogP contribution is 2.34. The Morgan fingerprint density at radius 1 is 1.23 bits per heavy atom. The van der Waals surface area contributed by atoms with Crippen LogP contribution in [0.2, 0.25) is 0 Å². The molecule has 1 aromatic carbocycles. The second-order valence-corrected chi connectivity index (χ2v) is 6.51. The molecule has 0 saturated carbocycles. The molecule has 3 heterocycles. The highest BCUT2D eigenvalue weighted by Gasteiger charge is 2.27. The van der Waals surface area contributed by atoms with E-state index in [0.29, 0.717) is 11.9 Å². The van der Waals surface area contributed by atoms with Gasteiger partial charge in [-0.2, -0.15) is 11.3 Å². The third kappa shape index (κ3) is 2.46. The number of benzene rings is 1. The molecule has 0 unspecified atom stereocenters. The van der Waals surface area contributed by atoms with Crippen molar-refractivity contribution >= 4 is 28.1 Å². The molecule has 1 aliphatic heterocycles. The molecule has 2 aromatic heterocycles. The zero-order valence-electron chi connectivity index (χ0n) is 12.3. The van der Waals surface area contributed by atoms with Gasteiger partial charge < -0.3 is 5.73 Å². The molecule has 1 saturated heterocycles. The maximum absolute atomic E-state index is 6.09. The van der Waals surface area contributed by atoms with Gasteiger partial charge in [0.2, 0.25) is 0 Å². The molecule has 1 atom stereocenters. The van der Waals surface area contributed by atoms with Gasteiger partial charge in [-0.05, 0) is 53.9 Å². The summed E-state index contributed by atoms with van der Waals surface area (Å²) in [5.41, 5.74) is 8.43. The summed E-state index contributed by atoms with van der Waals surface area (Å²) < 4.78 is 0. The van der Waals surface area contributed by atoms with Gasteiger partial charge in [-0.25, -0.2) is 9.97 Å². The largest absolute Gasteiger partial charge is 0.383 e. The molecule has 0 bridgehead atoms. The van der Waals surface area contributed by atoms with Gasteiger partial charge in [0.15, 0.2) is 0 Å². The number of hydrogen-bond acceptors (Lipinski definition) is 5. The van der Waals surface area contributed by atoms with Crippen molar-refractivity contribution in [2.45, 2.75) is 25.4 Å². The average molecular weight is 310 g/mol. The first kappa shape index (κ1) is 13.7. The van der Waals surface area contributed by atoms with E-state index in [0.717, 1.165) is 29.8 Å². The van der Waals surface area contributed by atoms with Crippen molar-refractivity contribution in [2.75, 3.05) is 12.3 Å². The fraction of sp³-hybridized carbons (Fsp3) is 0.294. The number of thiophene rings is 1.